The van der Waals surface area contributed by atoms with Crippen molar-refractivity contribution in [2.75, 3.05) is 4.31 Å². The van der Waals surface area contributed by atoms with E-state index in [1.165, 1.54) is 36.4 Å². The number of hydrogen-bond acceptors (Lipinski definition) is 4. The second-order valence-corrected chi connectivity index (χ2v) is 11.5. The average Bonchev–Trinajstić information content (AvgIpc) is 2.86. The summed E-state index contributed by atoms with van der Waals surface area (Å²) in [4.78, 5) is -0.121. The number of aryl methyl sites for hydroxylation is 1. The average molecular weight is 525 g/mol. The van der Waals surface area contributed by atoms with Crippen LogP contribution in [-0.4, -0.2) is 22.7 Å². The minimum atomic E-state index is -4.31. The standard InChI is InChI=1S/C26H21ClN2O4S2/c1-20-12-16-23(17-13-20)29(35(32,33)25-18-14-22(27)15-19-25)26(21-8-4-2-5-9-21)28-34(30,31)24-10-6-3-7-11-24/h2-19H,1H3/b28-26-. The molecular weight excluding hydrogens is 504 g/mol. The zero-order valence-electron chi connectivity index (χ0n) is 18.6. The summed E-state index contributed by atoms with van der Waals surface area (Å²) in [5.41, 5.74) is 1.45. The fourth-order valence-electron chi connectivity index (χ4n) is 3.32. The maximum atomic E-state index is 14.0. The van der Waals surface area contributed by atoms with Gasteiger partial charge in [-0.2, -0.15) is 8.42 Å². The Morgan fingerprint density at radius 2 is 1.23 bits per heavy atom. The first-order valence-corrected chi connectivity index (χ1v) is 13.8. The van der Waals surface area contributed by atoms with Gasteiger partial charge < -0.3 is 0 Å². The van der Waals surface area contributed by atoms with E-state index in [-0.39, 0.29) is 21.3 Å². The lowest BCUT2D eigenvalue weighted by atomic mass is 10.2. The Morgan fingerprint density at radius 3 is 1.80 bits per heavy atom. The van der Waals surface area contributed by atoms with Crippen LogP contribution in [0, 0.1) is 6.92 Å². The molecule has 0 heterocycles. The maximum Gasteiger partial charge on any atom is 0.284 e. The van der Waals surface area contributed by atoms with Crippen LogP contribution in [0.15, 0.2) is 123 Å². The van der Waals surface area contributed by atoms with E-state index in [4.69, 9.17) is 11.6 Å². The summed E-state index contributed by atoms with van der Waals surface area (Å²) in [7, 11) is -8.56. The molecule has 0 fully saturated rings. The quantitative estimate of drug-likeness (QED) is 0.240. The lowest BCUT2D eigenvalue weighted by Gasteiger charge is -2.26. The third-order valence-corrected chi connectivity index (χ3v) is 8.36. The first-order valence-electron chi connectivity index (χ1n) is 10.5. The molecule has 4 aromatic carbocycles. The van der Waals surface area contributed by atoms with Gasteiger partial charge in [-0.15, -0.1) is 4.40 Å². The van der Waals surface area contributed by atoms with E-state index in [1.807, 2.05) is 6.92 Å². The van der Waals surface area contributed by atoms with Crippen molar-refractivity contribution in [3.63, 3.8) is 0 Å². The van der Waals surface area contributed by atoms with Crippen molar-refractivity contribution in [1.82, 2.24) is 0 Å². The van der Waals surface area contributed by atoms with Crippen LogP contribution in [0.3, 0.4) is 0 Å². The van der Waals surface area contributed by atoms with Crippen LogP contribution in [0.2, 0.25) is 5.02 Å². The third-order valence-electron chi connectivity index (χ3n) is 5.09. The fraction of sp³-hybridized carbons (Fsp3) is 0.0385. The van der Waals surface area contributed by atoms with Gasteiger partial charge >= 0.3 is 0 Å². The van der Waals surface area contributed by atoms with Gasteiger partial charge in [-0.05, 0) is 55.5 Å². The number of halogens is 1. The molecule has 0 saturated heterocycles. The third kappa shape index (κ3) is 5.45. The van der Waals surface area contributed by atoms with Gasteiger partial charge in [-0.3, -0.25) is 0 Å². The molecule has 6 nitrogen and oxygen atoms in total. The molecule has 0 spiro atoms. The van der Waals surface area contributed by atoms with Crippen LogP contribution >= 0.6 is 11.6 Å². The van der Waals surface area contributed by atoms with Crippen molar-refractivity contribution in [3.8, 4) is 0 Å². The van der Waals surface area contributed by atoms with Crippen LogP contribution < -0.4 is 4.31 Å². The van der Waals surface area contributed by atoms with Crippen molar-refractivity contribution < 1.29 is 16.8 Å². The Bertz CT molecular complexity index is 1550. The van der Waals surface area contributed by atoms with Crippen molar-refractivity contribution in [1.29, 1.82) is 0 Å². The van der Waals surface area contributed by atoms with E-state index >= 15 is 0 Å². The Hall–Kier alpha value is -3.46. The zero-order valence-corrected chi connectivity index (χ0v) is 21.0. The number of benzene rings is 4. The molecule has 35 heavy (non-hydrogen) atoms. The maximum absolute atomic E-state index is 14.0. The highest BCUT2D eigenvalue weighted by atomic mass is 35.5. The molecule has 0 unspecified atom stereocenters. The van der Waals surface area contributed by atoms with Crippen molar-refractivity contribution >= 4 is 43.2 Å². The van der Waals surface area contributed by atoms with E-state index in [1.54, 1.807) is 72.8 Å². The Labute approximate surface area is 210 Å². The summed E-state index contributed by atoms with van der Waals surface area (Å²) >= 11 is 5.98. The summed E-state index contributed by atoms with van der Waals surface area (Å²) in [6.45, 7) is 1.87. The molecule has 0 saturated carbocycles. The summed E-state index contributed by atoms with van der Waals surface area (Å²) in [6.07, 6.45) is 0. The molecule has 0 aromatic heterocycles. The van der Waals surface area contributed by atoms with Crippen LogP contribution in [0.1, 0.15) is 11.1 Å². The molecule has 0 atom stereocenters. The molecule has 0 radical (unpaired) electrons. The van der Waals surface area contributed by atoms with E-state index in [9.17, 15) is 16.8 Å². The van der Waals surface area contributed by atoms with Gasteiger partial charge in [0.15, 0.2) is 5.84 Å². The monoisotopic (exact) mass is 524 g/mol. The molecule has 4 aromatic rings. The van der Waals surface area contributed by atoms with E-state index in [0.29, 0.717) is 10.6 Å². The van der Waals surface area contributed by atoms with Crippen LogP contribution in [0.5, 0.6) is 0 Å². The number of hydrogen-bond donors (Lipinski definition) is 0. The first-order chi connectivity index (χ1) is 16.7. The van der Waals surface area contributed by atoms with Crippen molar-refractivity contribution in [2.45, 2.75) is 16.7 Å². The smallest absolute Gasteiger partial charge is 0.216 e. The number of nitrogens with zero attached hydrogens (tertiary/aromatic N) is 2. The topological polar surface area (TPSA) is 83.9 Å². The highest BCUT2D eigenvalue weighted by Gasteiger charge is 2.32. The fourth-order valence-corrected chi connectivity index (χ4v) is 5.98. The molecule has 0 aliphatic heterocycles. The number of anilines is 1. The minimum absolute atomic E-state index is 0.0545. The van der Waals surface area contributed by atoms with Gasteiger partial charge in [0, 0.05) is 10.6 Å². The lowest BCUT2D eigenvalue weighted by Crippen LogP contribution is -2.38. The summed E-state index contributed by atoms with van der Waals surface area (Å²) in [5, 5.41) is 0.370. The van der Waals surface area contributed by atoms with Gasteiger partial charge in [0.05, 0.1) is 15.5 Å². The highest BCUT2D eigenvalue weighted by Crippen LogP contribution is 2.29. The second-order valence-electron chi connectivity index (χ2n) is 7.63. The minimum Gasteiger partial charge on any atom is -0.216 e. The van der Waals surface area contributed by atoms with Crippen LogP contribution in [0.4, 0.5) is 5.69 Å². The normalized spacial score (nSPS) is 12.3. The molecule has 0 aliphatic rings. The second kappa shape index (κ2) is 10.0. The number of rotatable bonds is 6. The van der Waals surface area contributed by atoms with Gasteiger partial charge in [-0.25, -0.2) is 12.7 Å². The molecule has 0 amide bonds. The van der Waals surface area contributed by atoms with E-state index in [0.717, 1.165) is 9.87 Å². The molecule has 0 aliphatic carbocycles. The van der Waals surface area contributed by atoms with Crippen LogP contribution in [-0.2, 0) is 20.0 Å². The molecule has 0 N–H and O–H groups in total. The number of sulfonamides is 2. The molecule has 4 rings (SSSR count). The lowest BCUT2D eigenvalue weighted by molar-refractivity contribution is 0.597. The predicted molar refractivity (Wildman–Crippen MR) is 139 cm³/mol. The van der Waals surface area contributed by atoms with Gasteiger partial charge in [0.2, 0.25) is 0 Å². The van der Waals surface area contributed by atoms with Gasteiger partial charge in [-0.1, -0.05) is 77.8 Å². The first kappa shape index (κ1) is 24.7. The molecule has 0 bridgehead atoms. The Kier molecular flexibility index (Phi) is 7.07. The summed E-state index contributed by atoms with van der Waals surface area (Å²) < 4.78 is 59.5. The molecular formula is C26H21ClN2O4S2. The zero-order chi connectivity index (χ0) is 25.1. The van der Waals surface area contributed by atoms with E-state index < -0.39 is 20.0 Å². The Morgan fingerprint density at radius 1 is 0.686 bits per heavy atom. The van der Waals surface area contributed by atoms with Crippen LogP contribution in [0.25, 0.3) is 0 Å². The predicted octanol–water partition coefficient (Wildman–Crippen LogP) is 5.68. The van der Waals surface area contributed by atoms with Crippen molar-refractivity contribution in [2.24, 2.45) is 4.40 Å². The summed E-state index contributed by atoms with van der Waals surface area (Å²) in [6, 6.07) is 28.3. The highest BCUT2D eigenvalue weighted by molar-refractivity contribution is 7.94. The number of amidine groups is 1. The van der Waals surface area contributed by atoms with Gasteiger partial charge in [0.25, 0.3) is 20.0 Å². The molecule has 9 heteroatoms. The summed E-state index contributed by atoms with van der Waals surface area (Å²) in [5.74, 6) is -0.256. The van der Waals surface area contributed by atoms with Gasteiger partial charge in [0.1, 0.15) is 0 Å². The van der Waals surface area contributed by atoms with Crippen molar-refractivity contribution in [3.05, 3.63) is 125 Å². The largest absolute Gasteiger partial charge is 0.284 e. The SMILES string of the molecule is Cc1ccc(N(/C(=N\S(=O)(=O)c2ccccc2)c2ccccc2)S(=O)(=O)c2ccc(Cl)cc2)cc1. The Balaban J connectivity index is 2.02. The molecule has 178 valence electrons. The van der Waals surface area contributed by atoms with E-state index in [2.05, 4.69) is 4.40 Å².